The molecular formula is C27H40O7. The summed E-state index contributed by atoms with van der Waals surface area (Å²) in [4.78, 5) is 49.7. The smallest absolute Gasteiger partial charge is 0.307 e. The zero-order valence-corrected chi connectivity index (χ0v) is 20.9. The molecule has 0 spiro atoms. The molecule has 0 bridgehead atoms. The Balaban J connectivity index is 1.65. The van der Waals surface area contributed by atoms with E-state index in [4.69, 9.17) is 4.74 Å². The summed E-state index contributed by atoms with van der Waals surface area (Å²) in [6.45, 7) is 6.41. The summed E-state index contributed by atoms with van der Waals surface area (Å²) >= 11 is 0. The van der Waals surface area contributed by atoms with Gasteiger partial charge in [-0.2, -0.15) is 0 Å². The molecule has 4 aliphatic carbocycles. The maximum atomic E-state index is 13.6. The fourth-order valence-electron chi connectivity index (χ4n) is 9.14. The lowest BCUT2D eigenvalue weighted by Crippen LogP contribution is -2.61. The largest absolute Gasteiger partial charge is 0.481 e. The summed E-state index contributed by atoms with van der Waals surface area (Å²) < 4.78 is 4.81. The van der Waals surface area contributed by atoms with Crippen LogP contribution in [-0.4, -0.2) is 41.0 Å². The van der Waals surface area contributed by atoms with Crippen LogP contribution in [0.5, 0.6) is 0 Å². The molecule has 10 atom stereocenters. The highest BCUT2D eigenvalue weighted by Crippen LogP contribution is 2.69. The molecule has 0 heterocycles. The lowest BCUT2D eigenvalue weighted by atomic mass is 9.41. The van der Waals surface area contributed by atoms with Crippen molar-refractivity contribution >= 4 is 23.7 Å². The Morgan fingerprint density at radius 3 is 2.38 bits per heavy atom. The van der Waals surface area contributed by atoms with E-state index in [0.29, 0.717) is 38.5 Å². The average molecular weight is 477 g/mol. The summed E-state index contributed by atoms with van der Waals surface area (Å²) in [5.41, 5.74) is -0.673. The quantitative estimate of drug-likeness (QED) is 0.545. The van der Waals surface area contributed by atoms with E-state index in [0.717, 1.165) is 19.3 Å². The van der Waals surface area contributed by atoms with Crippen molar-refractivity contribution < 1.29 is 34.1 Å². The number of ketones is 1. The normalized spacial score (nSPS) is 44.4. The third-order valence-electron chi connectivity index (χ3n) is 11.1. The highest BCUT2D eigenvalue weighted by atomic mass is 16.5. The number of carboxylic acids is 2. The number of methoxy groups -OCH3 is 1. The van der Waals surface area contributed by atoms with Gasteiger partial charge in [0.15, 0.2) is 0 Å². The molecule has 0 saturated heterocycles. The van der Waals surface area contributed by atoms with E-state index < -0.39 is 29.2 Å². The highest BCUT2D eigenvalue weighted by molar-refractivity contribution is 5.84. The summed E-state index contributed by atoms with van der Waals surface area (Å²) in [5.74, 6) is -2.31. The number of fused-ring (bicyclic) bond motifs is 5. The van der Waals surface area contributed by atoms with Gasteiger partial charge in [0, 0.05) is 18.8 Å². The third kappa shape index (κ3) is 3.78. The van der Waals surface area contributed by atoms with E-state index >= 15 is 0 Å². The summed E-state index contributed by atoms with van der Waals surface area (Å²) in [5, 5.41) is 20.0. The van der Waals surface area contributed by atoms with E-state index in [1.54, 1.807) is 0 Å². The third-order valence-corrected chi connectivity index (χ3v) is 11.1. The zero-order valence-electron chi connectivity index (χ0n) is 20.9. The van der Waals surface area contributed by atoms with Gasteiger partial charge in [0.1, 0.15) is 5.78 Å². The summed E-state index contributed by atoms with van der Waals surface area (Å²) in [6, 6.07) is 0. The topological polar surface area (TPSA) is 118 Å². The van der Waals surface area contributed by atoms with Gasteiger partial charge < -0.3 is 14.9 Å². The van der Waals surface area contributed by atoms with Crippen molar-refractivity contribution in [2.45, 2.75) is 78.6 Å². The fourth-order valence-corrected chi connectivity index (χ4v) is 9.14. The highest BCUT2D eigenvalue weighted by Gasteiger charge is 2.67. The molecule has 2 N–H and O–H groups in total. The van der Waals surface area contributed by atoms with Crippen LogP contribution in [0.2, 0.25) is 0 Å². The minimum Gasteiger partial charge on any atom is -0.481 e. The monoisotopic (exact) mass is 476 g/mol. The van der Waals surface area contributed by atoms with Gasteiger partial charge in [-0.3, -0.25) is 19.2 Å². The van der Waals surface area contributed by atoms with Crippen molar-refractivity contribution in [2.75, 3.05) is 7.11 Å². The molecule has 7 nitrogen and oxygen atoms in total. The van der Waals surface area contributed by atoms with Crippen LogP contribution in [0.4, 0.5) is 0 Å². The summed E-state index contributed by atoms with van der Waals surface area (Å²) in [6.07, 6.45) is 5.49. The minimum absolute atomic E-state index is 0.00297. The predicted octanol–water partition coefficient (Wildman–Crippen LogP) is 4.43. The number of ether oxygens (including phenoxy) is 1. The van der Waals surface area contributed by atoms with Crippen molar-refractivity contribution in [1.82, 2.24) is 0 Å². The number of carboxylic acid groups (broad SMARTS) is 2. The van der Waals surface area contributed by atoms with Crippen LogP contribution in [0.25, 0.3) is 0 Å². The van der Waals surface area contributed by atoms with Gasteiger partial charge in [-0.1, -0.05) is 20.8 Å². The second-order valence-electron chi connectivity index (χ2n) is 12.2. The average Bonchev–Trinajstić information content (AvgIpc) is 3.14. The van der Waals surface area contributed by atoms with E-state index in [1.807, 2.05) is 0 Å². The van der Waals surface area contributed by atoms with Crippen molar-refractivity contribution in [3.05, 3.63) is 0 Å². The van der Waals surface area contributed by atoms with Gasteiger partial charge in [0.2, 0.25) is 0 Å². The molecule has 0 aromatic rings. The van der Waals surface area contributed by atoms with E-state index in [2.05, 4.69) is 20.8 Å². The molecular weight excluding hydrogens is 436 g/mol. The van der Waals surface area contributed by atoms with Gasteiger partial charge in [0.05, 0.1) is 18.9 Å². The van der Waals surface area contributed by atoms with Crippen LogP contribution in [0.15, 0.2) is 0 Å². The Hall–Kier alpha value is -1.92. The number of hydrogen-bond donors (Lipinski definition) is 2. The maximum Gasteiger partial charge on any atom is 0.307 e. The van der Waals surface area contributed by atoms with Crippen molar-refractivity contribution in [1.29, 1.82) is 0 Å². The number of esters is 1. The Labute approximate surface area is 202 Å². The van der Waals surface area contributed by atoms with Crippen molar-refractivity contribution in [2.24, 2.45) is 58.2 Å². The van der Waals surface area contributed by atoms with Crippen molar-refractivity contribution in [3.8, 4) is 0 Å². The minimum atomic E-state index is -0.782. The number of carbonyl (C=O) groups excluding carboxylic acids is 2. The molecule has 4 rings (SSSR count). The SMILES string of the molecule is COC(=O)CC[C@H](C)[C@H]1CCC2C3C(=O)C[C@@H]4C[C@H](C(=O)O)CC[C@]4(C)C3C[C@H](C(=O)O)[C@@]21C. The Morgan fingerprint density at radius 1 is 1.06 bits per heavy atom. The molecule has 190 valence electrons. The van der Waals surface area contributed by atoms with E-state index in [9.17, 15) is 29.4 Å². The van der Waals surface area contributed by atoms with Gasteiger partial charge >= 0.3 is 17.9 Å². The number of rotatable bonds is 6. The number of hydrogen-bond acceptors (Lipinski definition) is 5. The molecule has 4 fully saturated rings. The van der Waals surface area contributed by atoms with E-state index in [1.165, 1.54) is 7.11 Å². The van der Waals surface area contributed by atoms with Crippen LogP contribution in [0.3, 0.4) is 0 Å². The second-order valence-corrected chi connectivity index (χ2v) is 12.2. The number of carbonyl (C=O) groups is 4. The fraction of sp³-hybridized carbons (Fsp3) is 0.852. The van der Waals surface area contributed by atoms with Crippen LogP contribution >= 0.6 is 0 Å². The van der Waals surface area contributed by atoms with Gasteiger partial charge in [-0.05, 0) is 85.4 Å². The second kappa shape index (κ2) is 8.94. The molecule has 7 heteroatoms. The van der Waals surface area contributed by atoms with Gasteiger partial charge in [0.25, 0.3) is 0 Å². The molecule has 3 unspecified atom stereocenters. The van der Waals surface area contributed by atoms with Crippen LogP contribution in [0.1, 0.15) is 78.6 Å². The molecule has 0 aromatic carbocycles. The Kier molecular flexibility index (Phi) is 6.62. The first kappa shape index (κ1) is 25.2. The maximum absolute atomic E-state index is 13.6. The summed E-state index contributed by atoms with van der Waals surface area (Å²) in [7, 11) is 1.38. The first-order valence-electron chi connectivity index (χ1n) is 13.0. The van der Waals surface area contributed by atoms with Gasteiger partial charge in [-0.15, -0.1) is 0 Å². The first-order valence-corrected chi connectivity index (χ1v) is 13.0. The number of aliphatic carboxylic acids is 2. The van der Waals surface area contributed by atoms with Gasteiger partial charge in [-0.25, -0.2) is 0 Å². The zero-order chi connectivity index (χ0) is 25.0. The van der Waals surface area contributed by atoms with Crippen LogP contribution in [0, 0.1) is 58.2 Å². The molecule has 0 amide bonds. The molecule has 4 aliphatic rings. The Bertz CT molecular complexity index is 867. The number of Topliss-reactive ketones (excluding diaryl/α,β-unsaturated/α-hetero) is 1. The lowest BCUT2D eigenvalue weighted by Gasteiger charge is -2.61. The van der Waals surface area contributed by atoms with Crippen LogP contribution in [-0.2, 0) is 23.9 Å². The standard InChI is InChI=1S/C27H40O7/c1-14(5-8-22(29)34-4)17-6-7-18-23-19(13-20(25(32)33)27(17,18)3)26(2)10-9-15(24(30)31)11-16(26)12-21(23)28/h14-20,23H,5-13H2,1-4H3,(H,30,31)(H,32,33)/t14-,15+,16-,17+,18?,19?,20+,23?,26-,27+/m0/s1. The molecule has 0 aromatic heterocycles. The van der Waals surface area contributed by atoms with Crippen LogP contribution < -0.4 is 0 Å². The molecule has 4 saturated carbocycles. The molecule has 34 heavy (non-hydrogen) atoms. The first-order chi connectivity index (χ1) is 15.9. The predicted molar refractivity (Wildman–Crippen MR) is 124 cm³/mol. The molecule has 0 radical (unpaired) electrons. The Morgan fingerprint density at radius 2 is 1.76 bits per heavy atom. The lowest BCUT2D eigenvalue weighted by molar-refractivity contribution is -0.182. The van der Waals surface area contributed by atoms with Crippen molar-refractivity contribution in [3.63, 3.8) is 0 Å². The van der Waals surface area contributed by atoms with E-state index in [-0.39, 0.29) is 52.7 Å². The molecule has 0 aliphatic heterocycles.